The summed E-state index contributed by atoms with van der Waals surface area (Å²) in [5.74, 6) is 0. The van der Waals surface area contributed by atoms with Gasteiger partial charge in [0.1, 0.15) is 0 Å². The van der Waals surface area contributed by atoms with Crippen molar-refractivity contribution < 1.29 is 0 Å². The van der Waals surface area contributed by atoms with E-state index in [1.165, 1.54) is 12.1 Å². The Kier molecular flexibility index (Phi) is 55.2. The molecule has 1 rings (SSSR count). The van der Waals surface area contributed by atoms with Crippen LogP contribution in [0.15, 0.2) is 0 Å². The van der Waals surface area contributed by atoms with E-state index in [1.807, 2.05) is 67.1 Å². The summed E-state index contributed by atoms with van der Waals surface area (Å²) >= 11 is 0. The van der Waals surface area contributed by atoms with Crippen molar-refractivity contribution in [2.45, 2.75) is 109 Å². The first-order valence-electron chi connectivity index (χ1n) is 9.58. The fraction of sp³-hybridized carbons (Fsp3) is 0.895. The standard InChI is InChI=1S/C8H15N3.C3H8.4C2H6/c1-4-6-7-8(5-2)11(3)10-9-7;1-3-2;4*1-2/h4-6H2,1-3H3;3H2,1-2H3;4*1-2H3. The Labute approximate surface area is 142 Å². The van der Waals surface area contributed by atoms with Gasteiger partial charge in [-0.2, -0.15) is 0 Å². The van der Waals surface area contributed by atoms with Crippen molar-refractivity contribution in [3.63, 3.8) is 0 Å². The molecule has 0 N–H and O–H groups in total. The quantitative estimate of drug-likeness (QED) is 0.610. The van der Waals surface area contributed by atoms with E-state index >= 15 is 0 Å². The summed E-state index contributed by atoms with van der Waals surface area (Å²) in [7, 11) is 1.95. The molecule has 0 aliphatic heterocycles. The highest BCUT2D eigenvalue weighted by Gasteiger charge is 2.05. The van der Waals surface area contributed by atoms with Crippen molar-refractivity contribution in [2.24, 2.45) is 7.05 Å². The monoisotopic (exact) mass is 317 g/mol. The highest BCUT2D eigenvalue weighted by molar-refractivity contribution is 5.09. The Balaban J connectivity index is -0.0000000740. The average molecular weight is 318 g/mol. The van der Waals surface area contributed by atoms with Gasteiger partial charge in [0.05, 0.1) is 11.4 Å². The van der Waals surface area contributed by atoms with Gasteiger partial charge in [-0.1, -0.05) is 101 Å². The van der Waals surface area contributed by atoms with Crippen molar-refractivity contribution in [1.82, 2.24) is 15.0 Å². The Hall–Kier alpha value is -0.860. The predicted molar refractivity (Wildman–Crippen MR) is 106 cm³/mol. The lowest BCUT2D eigenvalue weighted by atomic mass is 10.2. The van der Waals surface area contributed by atoms with E-state index in [0.29, 0.717) is 0 Å². The number of hydrogen-bond donors (Lipinski definition) is 0. The van der Waals surface area contributed by atoms with Crippen LogP contribution in [0.5, 0.6) is 0 Å². The van der Waals surface area contributed by atoms with E-state index in [1.54, 1.807) is 0 Å². The van der Waals surface area contributed by atoms with Crippen molar-refractivity contribution >= 4 is 0 Å². The summed E-state index contributed by atoms with van der Waals surface area (Å²) in [6.07, 6.45) is 4.47. The zero-order valence-electron chi connectivity index (χ0n) is 18.2. The summed E-state index contributed by atoms with van der Waals surface area (Å²) < 4.78 is 1.87. The Morgan fingerprint density at radius 1 is 0.773 bits per heavy atom. The molecule has 0 aliphatic rings. The van der Waals surface area contributed by atoms with Gasteiger partial charge in [-0.3, -0.25) is 4.68 Å². The third kappa shape index (κ3) is 21.4. The lowest BCUT2D eigenvalue weighted by Crippen LogP contribution is -1.98. The van der Waals surface area contributed by atoms with Crippen molar-refractivity contribution in [2.75, 3.05) is 0 Å². The molecule has 1 aromatic heterocycles. The van der Waals surface area contributed by atoms with Gasteiger partial charge >= 0.3 is 0 Å². The average Bonchev–Trinajstić information content (AvgIpc) is 2.96. The van der Waals surface area contributed by atoms with E-state index in [9.17, 15) is 0 Å². The van der Waals surface area contributed by atoms with Crippen molar-refractivity contribution in [3.05, 3.63) is 11.4 Å². The molecule has 0 spiro atoms. The molecule has 1 heterocycles. The van der Waals surface area contributed by atoms with Crippen LogP contribution in [-0.2, 0) is 19.9 Å². The first-order chi connectivity index (χ1) is 10.7. The van der Waals surface area contributed by atoms with E-state index in [-0.39, 0.29) is 0 Å². The molecule has 1 aromatic rings. The maximum absolute atomic E-state index is 4.09. The summed E-state index contributed by atoms with van der Waals surface area (Å²) in [5, 5.41) is 8.06. The van der Waals surface area contributed by atoms with Crippen LogP contribution in [0.3, 0.4) is 0 Å². The fourth-order valence-electron chi connectivity index (χ4n) is 1.28. The van der Waals surface area contributed by atoms with E-state index in [4.69, 9.17) is 0 Å². The van der Waals surface area contributed by atoms with Gasteiger partial charge in [-0.25, -0.2) is 0 Å². The lowest BCUT2D eigenvalue weighted by molar-refractivity contribution is 0.682. The summed E-state index contributed by atoms with van der Waals surface area (Å²) in [5.41, 5.74) is 2.43. The highest BCUT2D eigenvalue weighted by Crippen LogP contribution is 2.06. The molecule has 0 amide bonds. The molecular formula is C19H47N3. The second kappa shape index (κ2) is 36.9. The topological polar surface area (TPSA) is 30.7 Å². The minimum Gasteiger partial charge on any atom is -0.252 e. The number of rotatable bonds is 3. The normalized spacial score (nSPS) is 7.14. The molecular weight excluding hydrogens is 270 g/mol. The van der Waals surface area contributed by atoms with Gasteiger partial charge in [0.2, 0.25) is 0 Å². The maximum atomic E-state index is 4.09. The molecule has 0 unspecified atom stereocenters. The number of hydrogen-bond acceptors (Lipinski definition) is 2. The molecule has 0 fully saturated rings. The van der Waals surface area contributed by atoms with Gasteiger partial charge in [0, 0.05) is 7.05 Å². The van der Waals surface area contributed by atoms with E-state index < -0.39 is 0 Å². The third-order valence-electron chi connectivity index (χ3n) is 1.85. The van der Waals surface area contributed by atoms with Crippen LogP contribution < -0.4 is 0 Å². The van der Waals surface area contributed by atoms with Gasteiger partial charge < -0.3 is 0 Å². The SMILES string of the molecule is CC.CC.CC.CC.CCC.CCCc1nnn(C)c1CC. The smallest absolute Gasteiger partial charge is 0.0858 e. The molecule has 0 aromatic carbocycles. The molecule has 0 aliphatic carbocycles. The lowest BCUT2D eigenvalue weighted by Gasteiger charge is -1.97. The molecule has 3 heteroatoms. The molecule has 0 saturated carbocycles. The highest BCUT2D eigenvalue weighted by atomic mass is 15.4. The molecule has 0 bridgehead atoms. The first-order valence-corrected chi connectivity index (χ1v) is 9.58. The molecule has 0 atom stereocenters. The fourth-order valence-corrected chi connectivity index (χ4v) is 1.28. The van der Waals surface area contributed by atoms with Crippen molar-refractivity contribution in [1.29, 1.82) is 0 Å². The van der Waals surface area contributed by atoms with Crippen LogP contribution in [0.25, 0.3) is 0 Å². The Morgan fingerprint density at radius 2 is 1.14 bits per heavy atom. The van der Waals surface area contributed by atoms with Crippen LogP contribution in [0.1, 0.15) is 107 Å². The van der Waals surface area contributed by atoms with Crippen LogP contribution in [0.4, 0.5) is 0 Å². The third-order valence-corrected chi connectivity index (χ3v) is 1.85. The number of aromatic nitrogens is 3. The van der Waals surface area contributed by atoms with Gasteiger partial charge in [0.15, 0.2) is 0 Å². The van der Waals surface area contributed by atoms with E-state index in [2.05, 4.69) is 38.0 Å². The summed E-state index contributed by atoms with van der Waals surface area (Å²) in [6.45, 7) is 24.5. The first kappa shape index (κ1) is 32.9. The van der Waals surface area contributed by atoms with Gasteiger partial charge in [-0.05, 0) is 12.8 Å². The second-order valence-corrected chi connectivity index (χ2v) is 3.42. The minimum atomic E-state index is 1.03. The van der Waals surface area contributed by atoms with Crippen LogP contribution >= 0.6 is 0 Å². The van der Waals surface area contributed by atoms with Gasteiger partial charge in [-0.15, -0.1) is 5.10 Å². The zero-order chi connectivity index (χ0) is 19.0. The van der Waals surface area contributed by atoms with Crippen LogP contribution in [-0.4, -0.2) is 15.0 Å². The molecule has 22 heavy (non-hydrogen) atoms. The Bertz CT molecular complexity index is 243. The van der Waals surface area contributed by atoms with Crippen molar-refractivity contribution in [3.8, 4) is 0 Å². The van der Waals surface area contributed by atoms with Crippen LogP contribution in [0.2, 0.25) is 0 Å². The molecule has 0 saturated heterocycles. The van der Waals surface area contributed by atoms with E-state index in [0.717, 1.165) is 25.0 Å². The molecule has 0 radical (unpaired) electrons. The molecule has 3 nitrogen and oxygen atoms in total. The Morgan fingerprint density at radius 3 is 1.41 bits per heavy atom. The predicted octanol–water partition coefficient (Wildman–Crippen LogP) is 6.85. The minimum absolute atomic E-state index is 1.03. The number of aryl methyl sites for hydroxylation is 2. The molecule has 138 valence electrons. The number of nitrogens with zero attached hydrogens (tertiary/aromatic N) is 3. The zero-order valence-corrected chi connectivity index (χ0v) is 18.2. The van der Waals surface area contributed by atoms with Gasteiger partial charge in [0.25, 0.3) is 0 Å². The summed E-state index contributed by atoms with van der Waals surface area (Å²) in [6, 6.07) is 0. The largest absolute Gasteiger partial charge is 0.252 e. The van der Waals surface area contributed by atoms with Crippen LogP contribution in [0, 0.1) is 0 Å². The summed E-state index contributed by atoms with van der Waals surface area (Å²) in [4.78, 5) is 0. The second-order valence-electron chi connectivity index (χ2n) is 3.42. The maximum Gasteiger partial charge on any atom is 0.0858 e.